The Morgan fingerprint density at radius 1 is 1.12 bits per heavy atom. The van der Waals surface area contributed by atoms with Crippen LogP contribution in [0.4, 0.5) is 0 Å². The number of nitrogens with zero attached hydrogens (tertiary/aromatic N) is 2. The van der Waals surface area contributed by atoms with Gasteiger partial charge in [0.2, 0.25) is 0 Å². The van der Waals surface area contributed by atoms with Crippen LogP contribution in [0.1, 0.15) is 32.0 Å². The maximum Gasteiger partial charge on any atom is 0.191 e. The zero-order chi connectivity index (χ0) is 18.6. The average Bonchev–Trinajstić information content (AvgIpc) is 2.66. The normalized spacial score (nSPS) is 11.5. The molecular weight excluding hydrogens is 324 g/mol. The third-order valence-corrected chi connectivity index (χ3v) is 3.70. The summed E-state index contributed by atoms with van der Waals surface area (Å²) in [6, 6.07) is 14.1. The van der Waals surface area contributed by atoms with Crippen LogP contribution >= 0.6 is 0 Å². The summed E-state index contributed by atoms with van der Waals surface area (Å²) in [6.45, 7) is 9.26. The summed E-state index contributed by atoms with van der Waals surface area (Å²) in [5.74, 6) is 2.22. The number of pyridine rings is 1. The van der Waals surface area contributed by atoms with Crippen molar-refractivity contribution in [2.24, 2.45) is 10.9 Å². The molecule has 0 saturated carbocycles. The molecule has 5 heteroatoms. The highest BCUT2D eigenvalue weighted by molar-refractivity contribution is 5.79. The fraction of sp³-hybridized carbons (Fsp3) is 0.429. The van der Waals surface area contributed by atoms with Gasteiger partial charge in [0.15, 0.2) is 5.96 Å². The van der Waals surface area contributed by atoms with Gasteiger partial charge in [-0.05, 0) is 31.0 Å². The van der Waals surface area contributed by atoms with Crippen LogP contribution in [0.2, 0.25) is 0 Å². The Morgan fingerprint density at radius 2 is 1.92 bits per heavy atom. The second kappa shape index (κ2) is 11.1. The quantitative estimate of drug-likeness (QED) is 0.535. The lowest BCUT2D eigenvalue weighted by molar-refractivity contribution is 0.268. The molecule has 0 amide bonds. The van der Waals surface area contributed by atoms with E-state index >= 15 is 0 Å². The van der Waals surface area contributed by atoms with Crippen molar-refractivity contribution in [1.29, 1.82) is 0 Å². The maximum absolute atomic E-state index is 5.91. The SMILES string of the molecule is CCNC(=NCc1ccccc1OCC(C)C)NCCc1ccccn1. The minimum Gasteiger partial charge on any atom is -0.493 e. The fourth-order valence-corrected chi connectivity index (χ4v) is 2.39. The van der Waals surface area contributed by atoms with Gasteiger partial charge in [-0.3, -0.25) is 4.98 Å². The summed E-state index contributed by atoms with van der Waals surface area (Å²) in [5.41, 5.74) is 2.17. The number of nitrogens with one attached hydrogen (secondary N) is 2. The van der Waals surface area contributed by atoms with Crippen molar-refractivity contribution in [3.63, 3.8) is 0 Å². The van der Waals surface area contributed by atoms with E-state index in [9.17, 15) is 0 Å². The van der Waals surface area contributed by atoms with Crippen LogP contribution in [0.25, 0.3) is 0 Å². The highest BCUT2D eigenvalue weighted by Gasteiger charge is 2.05. The Hall–Kier alpha value is -2.56. The van der Waals surface area contributed by atoms with Crippen LogP contribution < -0.4 is 15.4 Å². The van der Waals surface area contributed by atoms with Gasteiger partial charge in [-0.1, -0.05) is 38.1 Å². The van der Waals surface area contributed by atoms with Gasteiger partial charge >= 0.3 is 0 Å². The number of hydrogen-bond acceptors (Lipinski definition) is 3. The van der Waals surface area contributed by atoms with Crippen LogP contribution in [-0.4, -0.2) is 30.6 Å². The van der Waals surface area contributed by atoms with Gasteiger partial charge in [-0.25, -0.2) is 4.99 Å². The van der Waals surface area contributed by atoms with Crippen molar-refractivity contribution >= 4 is 5.96 Å². The molecule has 5 nitrogen and oxygen atoms in total. The first-order valence-corrected chi connectivity index (χ1v) is 9.31. The van der Waals surface area contributed by atoms with Crippen molar-refractivity contribution in [3.05, 3.63) is 59.9 Å². The number of aliphatic imine (C=N–C) groups is 1. The van der Waals surface area contributed by atoms with E-state index in [2.05, 4.69) is 42.5 Å². The number of rotatable bonds is 9. The molecule has 2 rings (SSSR count). The number of para-hydroxylation sites is 1. The zero-order valence-electron chi connectivity index (χ0n) is 16.0. The van der Waals surface area contributed by atoms with E-state index in [0.717, 1.165) is 42.5 Å². The molecule has 0 aliphatic carbocycles. The molecule has 0 radical (unpaired) electrons. The second-order valence-corrected chi connectivity index (χ2v) is 6.51. The number of aromatic nitrogens is 1. The molecule has 2 aromatic rings. The van der Waals surface area contributed by atoms with Crippen LogP contribution in [0.3, 0.4) is 0 Å². The van der Waals surface area contributed by atoms with Crippen molar-refractivity contribution in [3.8, 4) is 5.75 Å². The van der Waals surface area contributed by atoms with E-state index in [1.807, 2.05) is 42.6 Å². The summed E-state index contributed by atoms with van der Waals surface area (Å²) in [5, 5.41) is 6.65. The van der Waals surface area contributed by atoms with Crippen molar-refractivity contribution < 1.29 is 4.74 Å². The molecule has 0 atom stereocenters. The largest absolute Gasteiger partial charge is 0.493 e. The molecule has 0 aliphatic rings. The highest BCUT2D eigenvalue weighted by Crippen LogP contribution is 2.19. The van der Waals surface area contributed by atoms with E-state index in [4.69, 9.17) is 9.73 Å². The summed E-state index contributed by atoms with van der Waals surface area (Å²) < 4.78 is 5.91. The second-order valence-electron chi connectivity index (χ2n) is 6.51. The Morgan fingerprint density at radius 3 is 2.65 bits per heavy atom. The number of guanidine groups is 1. The van der Waals surface area contributed by atoms with Gasteiger partial charge in [0, 0.05) is 37.0 Å². The predicted molar refractivity (Wildman–Crippen MR) is 108 cm³/mol. The monoisotopic (exact) mass is 354 g/mol. The molecular formula is C21H30N4O. The molecule has 140 valence electrons. The summed E-state index contributed by atoms with van der Waals surface area (Å²) in [4.78, 5) is 9.04. The van der Waals surface area contributed by atoms with Crippen molar-refractivity contribution in [2.75, 3.05) is 19.7 Å². The van der Waals surface area contributed by atoms with Crippen molar-refractivity contribution in [2.45, 2.75) is 33.7 Å². The molecule has 26 heavy (non-hydrogen) atoms. The lowest BCUT2D eigenvalue weighted by Crippen LogP contribution is -2.38. The van der Waals surface area contributed by atoms with E-state index in [1.54, 1.807) is 0 Å². The van der Waals surface area contributed by atoms with Gasteiger partial charge in [0.1, 0.15) is 5.75 Å². The molecule has 0 aliphatic heterocycles. The van der Waals surface area contributed by atoms with Crippen LogP contribution in [0.5, 0.6) is 5.75 Å². The zero-order valence-corrected chi connectivity index (χ0v) is 16.0. The first kappa shape index (κ1) is 19.8. The summed E-state index contributed by atoms with van der Waals surface area (Å²) >= 11 is 0. The van der Waals surface area contributed by atoms with Crippen LogP contribution in [0, 0.1) is 5.92 Å². The molecule has 0 spiro atoms. The molecule has 0 fully saturated rings. The molecule has 1 aromatic heterocycles. The summed E-state index contributed by atoms with van der Waals surface area (Å²) in [6.07, 6.45) is 2.68. The first-order chi connectivity index (χ1) is 12.7. The van der Waals surface area contributed by atoms with Gasteiger partial charge in [-0.2, -0.15) is 0 Å². The first-order valence-electron chi connectivity index (χ1n) is 9.31. The molecule has 0 unspecified atom stereocenters. The Kier molecular flexibility index (Phi) is 8.46. The molecule has 2 N–H and O–H groups in total. The number of benzene rings is 1. The standard InChI is InChI=1S/C21H30N4O/c1-4-22-21(24-14-12-19-10-7-8-13-23-19)25-15-18-9-5-6-11-20(18)26-16-17(2)3/h5-11,13,17H,4,12,14-16H2,1-3H3,(H2,22,24,25). The van der Waals surface area contributed by atoms with Gasteiger partial charge < -0.3 is 15.4 Å². The molecule has 0 bridgehead atoms. The third-order valence-electron chi connectivity index (χ3n) is 3.70. The Labute approximate surface area is 156 Å². The van der Waals surface area contributed by atoms with Gasteiger partial charge in [-0.15, -0.1) is 0 Å². The lowest BCUT2D eigenvalue weighted by atomic mass is 10.2. The smallest absolute Gasteiger partial charge is 0.191 e. The predicted octanol–water partition coefficient (Wildman–Crippen LogP) is 3.41. The van der Waals surface area contributed by atoms with E-state index in [0.29, 0.717) is 19.1 Å². The van der Waals surface area contributed by atoms with E-state index in [-0.39, 0.29) is 0 Å². The fourth-order valence-electron chi connectivity index (χ4n) is 2.39. The molecule has 1 aromatic carbocycles. The summed E-state index contributed by atoms with van der Waals surface area (Å²) in [7, 11) is 0. The Balaban J connectivity index is 1.93. The Bertz CT molecular complexity index is 671. The van der Waals surface area contributed by atoms with Gasteiger partial charge in [0.05, 0.1) is 13.2 Å². The maximum atomic E-state index is 5.91. The van der Waals surface area contributed by atoms with Crippen molar-refractivity contribution in [1.82, 2.24) is 15.6 Å². The minimum atomic E-state index is 0.497. The van der Waals surface area contributed by atoms with Gasteiger partial charge in [0.25, 0.3) is 0 Å². The lowest BCUT2D eigenvalue weighted by Gasteiger charge is -2.14. The van der Waals surface area contributed by atoms with E-state index in [1.165, 1.54) is 0 Å². The van der Waals surface area contributed by atoms with Crippen LogP contribution in [-0.2, 0) is 13.0 Å². The number of hydrogen-bond donors (Lipinski definition) is 2. The molecule has 1 heterocycles. The highest BCUT2D eigenvalue weighted by atomic mass is 16.5. The average molecular weight is 354 g/mol. The van der Waals surface area contributed by atoms with Crippen LogP contribution in [0.15, 0.2) is 53.7 Å². The third kappa shape index (κ3) is 7.13. The van der Waals surface area contributed by atoms with E-state index < -0.39 is 0 Å². The minimum absolute atomic E-state index is 0.497. The molecule has 0 saturated heterocycles. The number of ether oxygens (including phenoxy) is 1. The topological polar surface area (TPSA) is 58.5 Å².